The number of fused-ring (bicyclic) bond motifs is 2. The van der Waals surface area contributed by atoms with Gasteiger partial charge < -0.3 is 9.84 Å². The summed E-state index contributed by atoms with van der Waals surface area (Å²) in [5.41, 5.74) is 7.85. The first-order valence-electron chi connectivity index (χ1n) is 13.5. The highest BCUT2D eigenvalue weighted by atomic mass is 16.5. The highest BCUT2D eigenvalue weighted by molar-refractivity contribution is 5.95. The lowest BCUT2D eigenvalue weighted by Crippen LogP contribution is -2.58. The van der Waals surface area contributed by atoms with Crippen molar-refractivity contribution < 1.29 is 9.84 Å². The number of rotatable bonds is 2. The lowest BCUT2D eigenvalue weighted by Gasteiger charge is -2.60. The minimum Gasteiger partial charge on any atom is -0.497 e. The van der Waals surface area contributed by atoms with Crippen LogP contribution in [0, 0.1) is 5.92 Å². The van der Waals surface area contributed by atoms with Crippen LogP contribution in [-0.4, -0.2) is 12.2 Å². The van der Waals surface area contributed by atoms with E-state index in [1.165, 1.54) is 38.8 Å². The summed E-state index contributed by atoms with van der Waals surface area (Å²) < 4.78 is 5.54. The molecule has 0 saturated carbocycles. The number of methoxy groups -OCH3 is 1. The first-order valence-corrected chi connectivity index (χ1v) is 13.5. The molecule has 2 heteroatoms. The molecule has 1 spiro atoms. The Kier molecular flexibility index (Phi) is 3.75. The van der Waals surface area contributed by atoms with E-state index in [0.717, 1.165) is 22.3 Å². The average Bonchev–Trinajstić information content (AvgIpc) is 3.24. The quantitative estimate of drug-likeness (QED) is 0.282. The molecule has 2 nitrogen and oxygen atoms in total. The Balaban J connectivity index is 1.54. The lowest BCUT2D eigenvalue weighted by molar-refractivity contribution is -0.00225. The summed E-state index contributed by atoms with van der Waals surface area (Å²) in [6.07, 6.45) is 4.77. The number of hydrogen-bond acceptors (Lipinski definition) is 2. The molecular formula is C36H26O2. The second kappa shape index (κ2) is 6.83. The minimum atomic E-state index is -1.28. The zero-order chi connectivity index (χ0) is 25.2. The zero-order valence-electron chi connectivity index (χ0n) is 21.1. The van der Waals surface area contributed by atoms with Crippen molar-refractivity contribution >= 4 is 16.8 Å². The van der Waals surface area contributed by atoms with Crippen LogP contribution < -0.4 is 4.74 Å². The normalized spacial score (nSPS) is 28.6. The summed E-state index contributed by atoms with van der Waals surface area (Å²) >= 11 is 0. The fourth-order valence-corrected chi connectivity index (χ4v) is 8.91. The maximum absolute atomic E-state index is 13.8. The monoisotopic (exact) mass is 490 g/mol. The Labute approximate surface area is 221 Å². The van der Waals surface area contributed by atoms with Crippen LogP contribution in [0.4, 0.5) is 0 Å². The summed E-state index contributed by atoms with van der Waals surface area (Å²) in [4.78, 5) is 0. The van der Waals surface area contributed by atoms with Gasteiger partial charge in [0.15, 0.2) is 0 Å². The summed E-state index contributed by atoms with van der Waals surface area (Å²) in [7, 11) is 1.69. The Bertz CT molecular complexity index is 1800. The van der Waals surface area contributed by atoms with Crippen LogP contribution in [0.2, 0.25) is 0 Å². The number of benzene rings is 5. The van der Waals surface area contributed by atoms with Gasteiger partial charge in [0.25, 0.3) is 0 Å². The SMILES string of the molecule is COc1ccc([C@]2(O)c3c4c(cc5ccccc35)C=C[C@H]3C5c6ccccc6C2(c2ccccc25)[C@H]43)cc1. The van der Waals surface area contributed by atoms with E-state index < -0.39 is 11.0 Å². The molecule has 0 fully saturated rings. The molecule has 0 unspecified atom stereocenters. The van der Waals surface area contributed by atoms with Crippen LogP contribution in [0.15, 0.2) is 109 Å². The predicted molar refractivity (Wildman–Crippen MR) is 151 cm³/mol. The Morgan fingerprint density at radius 3 is 2.13 bits per heavy atom. The molecule has 182 valence electrons. The first kappa shape index (κ1) is 20.9. The van der Waals surface area contributed by atoms with Crippen LogP contribution in [0.1, 0.15) is 56.3 Å². The second-order valence-electron chi connectivity index (χ2n) is 11.3. The molecule has 1 N–H and O–H groups in total. The zero-order valence-corrected chi connectivity index (χ0v) is 21.1. The fraction of sp³-hybridized carbons (Fsp3) is 0.167. The van der Waals surface area contributed by atoms with Gasteiger partial charge in [-0.1, -0.05) is 97.1 Å². The van der Waals surface area contributed by atoms with Crippen molar-refractivity contribution in [1.82, 2.24) is 0 Å². The van der Waals surface area contributed by atoms with Crippen molar-refractivity contribution in [2.45, 2.75) is 22.9 Å². The van der Waals surface area contributed by atoms with E-state index in [4.69, 9.17) is 4.74 Å². The van der Waals surface area contributed by atoms with E-state index in [1.807, 2.05) is 12.1 Å². The summed E-state index contributed by atoms with van der Waals surface area (Å²) in [5.74, 6) is 1.49. The van der Waals surface area contributed by atoms with Gasteiger partial charge in [0.05, 0.1) is 12.5 Å². The molecule has 5 aromatic carbocycles. The molecule has 5 aromatic rings. The smallest absolute Gasteiger partial charge is 0.130 e. The Morgan fingerprint density at radius 2 is 1.42 bits per heavy atom. The second-order valence-corrected chi connectivity index (χ2v) is 11.3. The third kappa shape index (κ3) is 2.08. The molecule has 3 atom stereocenters. The molecule has 0 amide bonds. The van der Waals surface area contributed by atoms with Crippen LogP contribution in [0.3, 0.4) is 0 Å². The maximum Gasteiger partial charge on any atom is 0.130 e. The van der Waals surface area contributed by atoms with E-state index in [0.29, 0.717) is 0 Å². The fourth-order valence-electron chi connectivity index (χ4n) is 8.91. The van der Waals surface area contributed by atoms with Crippen LogP contribution in [0.5, 0.6) is 5.75 Å². The average molecular weight is 491 g/mol. The maximum atomic E-state index is 13.8. The summed E-state index contributed by atoms with van der Waals surface area (Å²) in [6, 6.07) is 36.8. The highest BCUT2D eigenvalue weighted by Crippen LogP contribution is 2.77. The van der Waals surface area contributed by atoms with Gasteiger partial charge in [-0.3, -0.25) is 0 Å². The molecule has 10 rings (SSSR count). The van der Waals surface area contributed by atoms with Crippen LogP contribution in [0.25, 0.3) is 16.8 Å². The summed E-state index contributed by atoms with van der Waals surface area (Å²) in [5, 5.41) is 16.2. The van der Waals surface area contributed by atoms with Gasteiger partial charge in [0.1, 0.15) is 11.4 Å². The largest absolute Gasteiger partial charge is 0.497 e. The molecule has 2 bridgehead atoms. The molecule has 0 heterocycles. The van der Waals surface area contributed by atoms with Crippen LogP contribution >= 0.6 is 0 Å². The van der Waals surface area contributed by atoms with Gasteiger partial charge in [-0.2, -0.15) is 0 Å². The molecule has 0 radical (unpaired) electrons. The number of allylic oxidation sites excluding steroid dienone is 1. The molecule has 0 aliphatic heterocycles. The molecule has 5 aliphatic carbocycles. The summed E-state index contributed by atoms with van der Waals surface area (Å²) in [6.45, 7) is 0. The van der Waals surface area contributed by atoms with Gasteiger partial charge in [-0.15, -0.1) is 0 Å². The van der Waals surface area contributed by atoms with Crippen molar-refractivity contribution in [3.8, 4) is 5.75 Å². The van der Waals surface area contributed by atoms with Crippen molar-refractivity contribution in [1.29, 1.82) is 0 Å². The molecule has 0 aromatic heterocycles. The van der Waals surface area contributed by atoms with Crippen molar-refractivity contribution in [3.05, 3.63) is 154 Å². The van der Waals surface area contributed by atoms with Crippen molar-refractivity contribution in [2.75, 3.05) is 7.11 Å². The standard InChI is InChI=1S/C36H26O2/c1-38-24-17-15-23(16-18-24)36(37)34-25-9-3-2-8-21(25)20-22-14-19-28-32-26-10-4-6-12-29(26)35(36,33(28)31(22)34)30-13-7-5-11-27(30)32/h2-20,28,32-33,37H,1H3/t28-,32?,33-,35?,36-/m0/s1. The van der Waals surface area contributed by atoms with Crippen molar-refractivity contribution in [3.63, 3.8) is 0 Å². The number of hydrogen-bond donors (Lipinski definition) is 1. The van der Waals surface area contributed by atoms with Gasteiger partial charge in [0, 0.05) is 17.4 Å². The number of ether oxygens (including phenoxy) is 1. The van der Waals surface area contributed by atoms with Gasteiger partial charge in [-0.05, 0) is 73.8 Å². The molecular weight excluding hydrogens is 464 g/mol. The van der Waals surface area contributed by atoms with E-state index in [9.17, 15) is 5.11 Å². The Morgan fingerprint density at radius 1 is 0.763 bits per heavy atom. The Hall–Kier alpha value is -4.14. The van der Waals surface area contributed by atoms with E-state index in [2.05, 4.69) is 103 Å². The first-order chi connectivity index (χ1) is 18.7. The molecule has 38 heavy (non-hydrogen) atoms. The molecule has 0 saturated heterocycles. The molecule has 5 aliphatic rings. The lowest BCUT2D eigenvalue weighted by atomic mass is 9.43. The minimum absolute atomic E-state index is 0.143. The van der Waals surface area contributed by atoms with E-state index >= 15 is 0 Å². The topological polar surface area (TPSA) is 29.5 Å². The predicted octanol–water partition coefficient (Wildman–Crippen LogP) is 7.27. The van der Waals surface area contributed by atoms with Crippen LogP contribution in [-0.2, 0) is 11.0 Å². The number of aliphatic hydroxyl groups is 1. The van der Waals surface area contributed by atoms with Crippen molar-refractivity contribution in [2.24, 2.45) is 5.92 Å². The highest BCUT2D eigenvalue weighted by Gasteiger charge is 2.73. The van der Waals surface area contributed by atoms with E-state index in [1.54, 1.807) is 7.11 Å². The van der Waals surface area contributed by atoms with Gasteiger partial charge in [0.2, 0.25) is 0 Å². The van der Waals surface area contributed by atoms with Gasteiger partial charge in [-0.25, -0.2) is 0 Å². The van der Waals surface area contributed by atoms with Gasteiger partial charge >= 0.3 is 0 Å². The third-order valence-electron chi connectivity index (χ3n) is 10.0. The van der Waals surface area contributed by atoms with E-state index in [-0.39, 0.29) is 17.8 Å². The third-order valence-corrected chi connectivity index (χ3v) is 10.0.